The quantitative estimate of drug-likeness (QED) is 0.724. The summed E-state index contributed by atoms with van der Waals surface area (Å²) in [4.78, 5) is 13.5. The van der Waals surface area contributed by atoms with Crippen LogP contribution in [-0.2, 0) is 0 Å². The van der Waals surface area contributed by atoms with Gasteiger partial charge < -0.3 is 10.8 Å². The fourth-order valence-electron chi connectivity index (χ4n) is 0.782. The minimum atomic E-state index is -0.958. The van der Waals surface area contributed by atoms with Crippen LogP contribution in [0.15, 0.2) is 41.9 Å². The molecule has 0 aliphatic heterocycles. The molecule has 0 radical (unpaired) electrons. The lowest BCUT2D eigenvalue weighted by Gasteiger charge is -1.83. The molecule has 3 N–H and O–H groups in total. The molecule has 1 aromatic carbocycles. The Morgan fingerprint density at radius 2 is 2.00 bits per heavy atom. The summed E-state index contributed by atoms with van der Waals surface area (Å²) >= 11 is 1.12. The molecular weight excluding hydrogens is 212 g/mol. The number of nitrogen functional groups attached to an aromatic ring is 1. The van der Waals surface area contributed by atoms with Gasteiger partial charge in [-0.3, -0.25) is 0 Å². The summed E-state index contributed by atoms with van der Waals surface area (Å²) in [5.74, 6) is -0.958. The molecule has 0 aliphatic rings. The number of para-hydroxylation sites is 1. The first kappa shape index (κ1) is 11.2. The van der Waals surface area contributed by atoms with E-state index in [1.54, 1.807) is 5.38 Å². The van der Waals surface area contributed by atoms with Crippen LogP contribution in [0.1, 0.15) is 9.80 Å². The van der Waals surface area contributed by atoms with E-state index in [-0.39, 0.29) is 5.01 Å². The molecule has 0 saturated carbocycles. The normalized spacial score (nSPS) is 8.80. The number of nitrogens with zero attached hydrogens (tertiary/aromatic N) is 1. The molecule has 0 spiro atoms. The first-order valence-corrected chi connectivity index (χ1v) is 5.01. The fourth-order valence-corrected chi connectivity index (χ4v) is 1.26. The number of hydrogen-bond acceptors (Lipinski definition) is 4. The Hall–Kier alpha value is -1.88. The highest BCUT2D eigenvalue weighted by molar-refractivity contribution is 7.11. The van der Waals surface area contributed by atoms with Crippen molar-refractivity contribution in [3.8, 4) is 0 Å². The molecule has 15 heavy (non-hydrogen) atoms. The van der Waals surface area contributed by atoms with Crippen molar-refractivity contribution in [3.05, 3.63) is 46.9 Å². The van der Waals surface area contributed by atoms with Gasteiger partial charge in [0, 0.05) is 17.3 Å². The number of carbonyl (C=O) groups is 1. The van der Waals surface area contributed by atoms with Crippen LogP contribution in [0.5, 0.6) is 0 Å². The Morgan fingerprint density at radius 1 is 1.33 bits per heavy atom. The van der Waals surface area contributed by atoms with Crippen molar-refractivity contribution in [1.82, 2.24) is 4.98 Å². The monoisotopic (exact) mass is 222 g/mol. The van der Waals surface area contributed by atoms with Gasteiger partial charge >= 0.3 is 5.97 Å². The van der Waals surface area contributed by atoms with Crippen LogP contribution in [0.25, 0.3) is 0 Å². The number of hydrogen-bond donors (Lipinski definition) is 2. The summed E-state index contributed by atoms with van der Waals surface area (Å²) in [5.41, 5.74) is 6.18. The summed E-state index contributed by atoms with van der Waals surface area (Å²) in [6.07, 6.45) is 1.47. The number of carboxylic acids is 1. The van der Waals surface area contributed by atoms with E-state index in [1.165, 1.54) is 6.20 Å². The number of thiazole rings is 1. The first-order chi connectivity index (χ1) is 7.20. The SMILES string of the molecule is Nc1ccccc1.O=C(O)c1nccs1. The van der Waals surface area contributed by atoms with Crippen molar-refractivity contribution in [1.29, 1.82) is 0 Å². The highest BCUT2D eigenvalue weighted by Crippen LogP contribution is 2.01. The maximum atomic E-state index is 10.0. The van der Waals surface area contributed by atoms with E-state index in [2.05, 4.69) is 4.98 Å². The third-order valence-electron chi connectivity index (χ3n) is 1.41. The van der Waals surface area contributed by atoms with E-state index in [0.29, 0.717) is 0 Å². The maximum Gasteiger partial charge on any atom is 0.364 e. The van der Waals surface area contributed by atoms with Crippen molar-refractivity contribution in [2.24, 2.45) is 0 Å². The molecule has 0 unspecified atom stereocenters. The van der Waals surface area contributed by atoms with Crippen molar-refractivity contribution in [2.75, 3.05) is 5.73 Å². The van der Waals surface area contributed by atoms with Crippen LogP contribution < -0.4 is 5.73 Å². The highest BCUT2D eigenvalue weighted by Gasteiger charge is 2.01. The van der Waals surface area contributed by atoms with E-state index in [1.807, 2.05) is 30.3 Å². The van der Waals surface area contributed by atoms with Gasteiger partial charge in [0.05, 0.1) is 0 Å². The van der Waals surface area contributed by atoms with Gasteiger partial charge in [-0.2, -0.15) is 0 Å². The van der Waals surface area contributed by atoms with Gasteiger partial charge in [-0.25, -0.2) is 9.78 Å². The fraction of sp³-hybridized carbons (Fsp3) is 0. The zero-order valence-corrected chi connectivity index (χ0v) is 8.65. The summed E-state index contributed by atoms with van der Waals surface area (Å²) in [7, 11) is 0. The number of nitrogens with two attached hydrogens (primary N) is 1. The Kier molecular flexibility index (Phi) is 4.30. The molecule has 78 valence electrons. The minimum absolute atomic E-state index is 0.144. The van der Waals surface area contributed by atoms with E-state index in [4.69, 9.17) is 10.8 Å². The summed E-state index contributed by atoms with van der Waals surface area (Å²) < 4.78 is 0. The number of aromatic carboxylic acids is 1. The molecule has 1 heterocycles. The molecule has 0 bridgehead atoms. The van der Waals surface area contributed by atoms with Gasteiger partial charge in [0.2, 0.25) is 5.01 Å². The lowest BCUT2D eigenvalue weighted by atomic mass is 10.3. The maximum absolute atomic E-state index is 10.0. The number of rotatable bonds is 1. The van der Waals surface area contributed by atoms with Gasteiger partial charge in [-0.05, 0) is 12.1 Å². The molecule has 0 atom stereocenters. The first-order valence-electron chi connectivity index (χ1n) is 4.13. The standard InChI is InChI=1S/C6H7N.C4H3NO2S/c7-6-4-2-1-3-5-6;6-4(7)3-5-1-2-8-3/h1-5H,7H2;1-2H,(H,6,7). The topological polar surface area (TPSA) is 76.2 Å². The Balaban J connectivity index is 0.000000151. The van der Waals surface area contributed by atoms with E-state index >= 15 is 0 Å². The zero-order chi connectivity index (χ0) is 11.1. The number of anilines is 1. The summed E-state index contributed by atoms with van der Waals surface area (Å²) in [5, 5.41) is 9.99. The van der Waals surface area contributed by atoms with Gasteiger partial charge in [0.15, 0.2) is 0 Å². The predicted molar refractivity (Wildman–Crippen MR) is 59.9 cm³/mol. The van der Waals surface area contributed by atoms with Crippen LogP contribution in [0.4, 0.5) is 5.69 Å². The summed E-state index contributed by atoms with van der Waals surface area (Å²) in [6.45, 7) is 0. The molecule has 5 heteroatoms. The van der Waals surface area contributed by atoms with Gasteiger partial charge in [-0.1, -0.05) is 18.2 Å². The largest absolute Gasteiger partial charge is 0.476 e. The number of aromatic nitrogens is 1. The predicted octanol–water partition coefficient (Wildman–Crippen LogP) is 2.11. The lowest BCUT2D eigenvalue weighted by molar-refractivity contribution is 0.0696. The van der Waals surface area contributed by atoms with Crippen molar-refractivity contribution < 1.29 is 9.90 Å². The van der Waals surface area contributed by atoms with E-state index < -0.39 is 5.97 Å². The molecule has 2 rings (SSSR count). The molecule has 4 nitrogen and oxygen atoms in total. The van der Waals surface area contributed by atoms with Crippen LogP contribution in [0, 0.1) is 0 Å². The second-order valence-corrected chi connectivity index (χ2v) is 3.45. The van der Waals surface area contributed by atoms with Crippen molar-refractivity contribution >= 4 is 23.0 Å². The smallest absolute Gasteiger partial charge is 0.364 e. The van der Waals surface area contributed by atoms with E-state index in [0.717, 1.165) is 17.0 Å². The van der Waals surface area contributed by atoms with Crippen molar-refractivity contribution in [3.63, 3.8) is 0 Å². The van der Waals surface area contributed by atoms with Gasteiger partial charge in [0.25, 0.3) is 0 Å². The average Bonchev–Trinajstić information content (AvgIpc) is 2.72. The molecule has 0 amide bonds. The Morgan fingerprint density at radius 3 is 2.27 bits per heavy atom. The molecule has 0 fully saturated rings. The number of benzene rings is 1. The van der Waals surface area contributed by atoms with Crippen LogP contribution in [0.2, 0.25) is 0 Å². The van der Waals surface area contributed by atoms with Crippen LogP contribution >= 0.6 is 11.3 Å². The highest BCUT2D eigenvalue weighted by atomic mass is 32.1. The van der Waals surface area contributed by atoms with E-state index in [9.17, 15) is 4.79 Å². The van der Waals surface area contributed by atoms with Gasteiger partial charge in [-0.15, -0.1) is 11.3 Å². The lowest BCUT2D eigenvalue weighted by Crippen LogP contribution is -1.92. The average molecular weight is 222 g/mol. The van der Waals surface area contributed by atoms with Crippen molar-refractivity contribution in [2.45, 2.75) is 0 Å². The van der Waals surface area contributed by atoms with Crippen LogP contribution in [-0.4, -0.2) is 16.1 Å². The van der Waals surface area contributed by atoms with Crippen LogP contribution in [0.3, 0.4) is 0 Å². The Bertz CT molecular complexity index is 401. The Labute approximate surface area is 91.0 Å². The minimum Gasteiger partial charge on any atom is -0.476 e. The van der Waals surface area contributed by atoms with Gasteiger partial charge in [0.1, 0.15) is 0 Å². The molecule has 0 aliphatic carbocycles. The second kappa shape index (κ2) is 5.77. The second-order valence-electron chi connectivity index (χ2n) is 2.55. The molecule has 0 saturated heterocycles. The number of carboxylic acid groups (broad SMARTS) is 1. The summed E-state index contributed by atoms with van der Waals surface area (Å²) in [6, 6.07) is 9.49. The molecule has 2 aromatic rings. The molecule has 1 aromatic heterocycles. The third kappa shape index (κ3) is 4.24. The third-order valence-corrected chi connectivity index (χ3v) is 2.18. The molecular formula is C10H10N2O2S. The zero-order valence-electron chi connectivity index (χ0n) is 7.83.